The summed E-state index contributed by atoms with van der Waals surface area (Å²) in [6.45, 7) is 12.6. The second-order valence-electron chi connectivity index (χ2n) is 8.11. The van der Waals surface area contributed by atoms with Crippen LogP contribution in [0.25, 0.3) is 0 Å². The van der Waals surface area contributed by atoms with E-state index in [1.807, 2.05) is 26.0 Å². The molecule has 2 atom stereocenters. The van der Waals surface area contributed by atoms with E-state index in [4.69, 9.17) is 4.74 Å². The summed E-state index contributed by atoms with van der Waals surface area (Å²) in [4.78, 5) is 12.7. The third-order valence-corrected chi connectivity index (χ3v) is 4.91. The Morgan fingerprint density at radius 3 is 2.07 bits per heavy atom. The molecule has 27 heavy (non-hydrogen) atoms. The molecule has 0 radical (unpaired) electrons. The number of rotatable bonds is 7. The molecule has 0 aliphatic heterocycles. The molecule has 0 unspecified atom stereocenters. The number of nitrogens with one attached hydrogen (secondary N) is 1. The fourth-order valence-electron chi connectivity index (χ4n) is 2.95. The van der Waals surface area contributed by atoms with Crippen molar-refractivity contribution in [2.75, 3.05) is 0 Å². The predicted octanol–water partition coefficient (Wildman–Crippen LogP) is 5.58. The van der Waals surface area contributed by atoms with E-state index < -0.39 is 6.10 Å². The number of ether oxygens (including phenoxy) is 1. The van der Waals surface area contributed by atoms with Gasteiger partial charge in [-0.3, -0.25) is 4.79 Å². The summed E-state index contributed by atoms with van der Waals surface area (Å²) in [5.74, 6) is 0.648. The number of aryl methyl sites for hydroxylation is 1. The molecule has 146 valence electrons. The Hall–Kier alpha value is -2.29. The first-order valence-electron chi connectivity index (χ1n) is 9.91. The number of carbonyl (C=O) groups excluding carboxylic acids is 1. The minimum atomic E-state index is -0.497. The molecular formula is C24H33NO2. The van der Waals surface area contributed by atoms with Crippen LogP contribution in [0.5, 0.6) is 5.75 Å². The third kappa shape index (κ3) is 5.85. The molecule has 3 nitrogen and oxygen atoms in total. The summed E-state index contributed by atoms with van der Waals surface area (Å²) in [6.07, 6.45) is 1.14. The average Bonchev–Trinajstić information content (AvgIpc) is 2.65. The minimum Gasteiger partial charge on any atom is -0.481 e. The first kappa shape index (κ1) is 21.0. The van der Waals surface area contributed by atoms with Crippen LogP contribution < -0.4 is 10.1 Å². The number of amides is 1. The smallest absolute Gasteiger partial charge is 0.261 e. The van der Waals surface area contributed by atoms with Gasteiger partial charge in [0.05, 0.1) is 6.04 Å². The van der Waals surface area contributed by atoms with Crippen molar-refractivity contribution >= 4 is 5.91 Å². The van der Waals surface area contributed by atoms with E-state index in [2.05, 4.69) is 69.4 Å². The van der Waals surface area contributed by atoms with Gasteiger partial charge in [0.15, 0.2) is 6.10 Å². The lowest BCUT2D eigenvalue weighted by atomic mass is 9.87. The first-order valence-corrected chi connectivity index (χ1v) is 9.91. The van der Waals surface area contributed by atoms with E-state index in [1.165, 1.54) is 11.1 Å². The lowest BCUT2D eigenvalue weighted by Gasteiger charge is -2.22. The van der Waals surface area contributed by atoms with Crippen LogP contribution in [0.3, 0.4) is 0 Å². The largest absolute Gasteiger partial charge is 0.481 e. The molecule has 2 rings (SSSR count). The van der Waals surface area contributed by atoms with Gasteiger partial charge < -0.3 is 10.1 Å². The SMILES string of the molecule is CCc1ccc([C@@H](C)NC(=O)[C@@H](CC)Oc2ccc(C(C)(C)C)cc2)cc1. The van der Waals surface area contributed by atoms with E-state index >= 15 is 0 Å². The van der Waals surface area contributed by atoms with Gasteiger partial charge in [0.25, 0.3) is 5.91 Å². The Labute approximate surface area is 164 Å². The lowest BCUT2D eigenvalue weighted by molar-refractivity contribution is -0.128. The molecule has 0 heterocycles. The molecule has 1 N–H and O–H groups in total. The van der Waals surface area contributed by atoms with Crippen LogP contribution in [-0.2, 0) is 16.6 Å². The zero-order valence-electron chi connectivity index (χ0n) is 17.5. The minimum absolute atomic E-state index is 0.0516. The number of hydrogen-bond acceptors (Lipinski definition) is 2. The normalized spacial score (nSPS) is 13.7. The molecular weight excluding hydrogens is 334 g/mol. The standard InChI is InChI=1S/C24H33NO2/c1-7-18-9-11-19(12-10-18)17(3)25-23(26)22(8-2)27-21-15-13-20(14-16-21)24(4,5)6/h9-17,22H,7-8H2,1-6H3,(H,25,26)/t17-,22-/m1/s1. The maximum atomic E-state index is 12.7. The molecule has 0 spiro atoms. The molecule has 2 aromatic rings. The molecule has 0 saturated carbocycles. The van der Waals surface area contributed by atoms with Gasteiger partial charge in [-0.05, 0) is 54.0 Å². The molecule has 0 saturated heterocycles. The van der Waals surface area contributed by atoms with Crippen molar-refractivity contribution in [1.29, 1.82) is 0 Å². The average molecular weight is 368 g/mol. The quantitative estimate of drug-likeness (QED) is 0.693. The van der Waals surface area contributed by atoms with Crippen LogP contribution in [0.1, 0.15) is 70.7 Å². The van der Waals surface area contributed by atoms with Crippen LogP contribution in [0.4, 0.5) is 0 Å². The fourth-order valence-corrected chi connectivity index (χ4v) is 2.95. The summed E-state index contributed by atoms with van der Waals surface area (Å²) in [7, 11) is 0. The van der Waals surface area contributed by atoms with Crippen LogP contribution in [0.2, 0.25) is 0 Å². The number of benzene rings is 2. The highest BCUT2D eigenvalue weighted by molar-refractivity contribution is 5.81. The maximum absolute atomic E-state index is 12.7. The van der Waals surface area contributed by atoms with Gasteiger partial charge in [0.1, 0.15) is 5.75 Å². The first-order chi connectivity index (χ1) is 12.7. The molecule has 0 aromatic heterocycles. The van der Waals surface area contributed by atoms with Crippen molar-refractivity contribution in [3.63, 3.8) is 0 Å². The topological polar surface area (TPSA) is 38.3 Å². The summed E-state index contributed by atoms with van der Waals surface area (Å²) in [6, 6.07) is 16.4. The van der Waals surface area contributed by atoms with Crippen molar-refractivity contribution in [2.24, 2.45) is 0 Å². The van der Waals surface area contributed by atoms with E-state index in [0.29, 0.717) is 6.42 Å². The summed E-state index contributed by atoms with van der Waals surface area (Å²) >= 11 is 0. The number of carbonyl (C=O) groups is 1. The van der Waals surface area contributed by atoms with Crippen LogP contribution in [0.15, 0.2) is 48.5 Å². The lowest BCUT2D eigenvalue weighted by Crippen LogP contribution is -2.39. The molecule has 2 aromatic carbocycles. The highest BCUT2D eigenvalue weighted by Crippen LogP contribution is 2.25. The van der Waals surface area contributed by atoms with Gasteiger partial charge in [-0.15, -0.1) is 0 Å². The highest BCUT2D eigenvalue weighted by atomic mass is 16.5. The zero-order chi connectivity index (χ0) is 20.0. The van der Waals surface area contributed by atoms with Gasteiger partial charge in [-0.1, -0.05) is 71.0 Å². The number of hydrogen-bond donors (Lipinski definition) is 1. The van der Waals surface area contributed by atoms with Crippen LogP contribution in [-0.4, -0.2) is 12.0 Å². The van der Waals surface area contributed by atoms with Crippen LogP contribution in [0, 0.1) is 0 Å². The van der Waals surface area contributed by atoms with Gasteiger partial charge >= 0.3 is 0 Å². The van der Waals surface area contributed by atoms with E-state index in [0.717, 1.165) is 17.7 Å². The Balaban J connectivity index is 2.00. The van der Waals surface area contributed by atoms with Gasteiger partial charge in [-0.25, -0.2) is 0 Å². The fraction of sp³-hybridized carbons (Fsp3) is 0.458. The van der Waals surface area contributed by atoms with Crippen molar-refractivity contribution in [1.82, 2.24) is 5.32 Å². The summed E-state index contributed by atoms with van der Waals surface area (Å²) < 4.78 is 5.95. The van der Waals surface area contributed by atoms with E-state index in [1.54, 1.807) is 0 Å². The van der Waals surface area contributed by atoms with Crippen molar-refractivity contribution < 1.29 is 9.53 Å². The second kappa shape index (κ2) is 9.07. The molecule has 0 fully saturated rings. The Kier molecular flexibility index (Phi) is 7.06. The molecule has 3 heteroatoms. The van der Waals surface area contributed by atoms with E-state index in [-0.39, 0.29) is 17.4 Å². The zero-order valence-corrected chi connectivity index (χ0v) is 17.5. The Bertz CT molecular complexity index is 726. The summed E-state index contributed by atoms with van der Waals surface area (Å²) in [5.41, 5.74) is 3.75. The van der Waals surface area contributed by atoms with Gasteiger partial charge in [0.2, 0.25) is 0 Å². The maximum Gasteiger partial charge on any atom is 0.261 e. The van der Waals surface area contributed by atoms with Gasteiger partial charge in [0, 0.05) is 0 Å². The second-order valence-corrected chi connectivity index (χ2v) is 8.11. The summed E-state index contributed by atoms with van der Waals surface area (Å²) in [5, 5.41) is 3.08. The Morgan fingerprint density at radius 1 is 1.00 bits per heavy atom. The van der Waals surface area contributed by atoms with Crippen molar-refractivity contribution in [3.05, 3.63) is 65.2 Å². The van der Waals surface area contributed by atoms with Crippen molar-refractivity contribution in [3.8, 4) is 5.75 Å². The predicted molar refractivity (Wildman–Crippen MR) is 112 cm³/mol. The van der Waals surface area contributed by atoms with Crippen LogP contribution >= 0.6 is 0 Å². The Morgan fingerprint density at radius 2 is 1.59 bits per heavy atom. The molecule has 0 bridgehead atoms. The highest BCUT2D eigenvalue weighted by Gasteiger charge is 2.21. The monoisotopic (exact) mass is 367 g/mol. The van der Waals surface area contributed by atoms with Crippen molar-refractivity contribution in [2.45, 2.75) is 71.9 Å². The molecule has 0 aliphatic rings. The molecule has 1 amide bonds. The van der Waals surface area contributed by atoms with E-state index in [9.17, 15) is 4.79 Å². The molecule has 0 aliphatic carbocycles. The third-order valence-electron chi connectivity index (χ3n) is 4.91. The van der Waals surface area contributed by atoms with Gasteiger partial charge in [-0.2, -0.15) is 0 Å².